The second-order valence-electron chi connectivity index (χ2n) is 7.63. The Balaban J connectivity index is 1.54. The molecule has 2 aromatic carbocycles. The molecule has 1 atom stereocenters. The van der Waals surface area contributed by atoms with E-state index in [4.69, 9.17) is 4.52 Å². The fraction of sp³-hybridized carbons (Fsp3) is 0.364. The zero-order valence-electron chi connectivity index (χ0n) is 17.3. The van der Waals surface area contributed by atoms with E-state index in [0.717, 1.165) is 29.5 Å². The molecule has 3 aromatic rings. The molecule has 1 saturated heterocycles. The summed E-state index contributed by atoms with van der Waals surface area (Å²) in [6, 6.07) is 13.3. The van der Waals surface area contributed by atoms with Crippen molar-refractivity contribution < 1.29 is 12.9 Å². The number of hydrogen-bond donors (Lipinski definition) is 0. The van der Waals surface area contributed by atoms with Crippen molar-refractivity contribution in [2.24, 2.45) is 0 Å². The summed E-state index contributed by atoms with van der Waals surface area (Å²) in [5, 5.41) is 4.12. The van der Waals surface area contributed by atoms with Crippen LogP contribution in [-0.4, -0.2) is 42.2 Å². The van der Waals surface area contributed by atoms with E-state index in [0.29, 0.717) is 29.7 Å². The SMILES string of the molecule is CSc1ccc(-c2noc([C@H]3CCCN(S(=O)(=O)c4ccc(C)c(C)c4)C3)n2)cc1. The van der Waals surface area contributed by atoms with Crippen LogP contribution in [0.2, 0.25) is 0 Å². The van der Waals surface area contributed by atoms with E-state index in [1.54, 1.807) is 28.2 Å². The Bertz CT molecular complexity index is 1140. The van der Waals surface area contributed by atoms with Crippen LogP contribution in [0.4, 0.5) is 0 Å². The van der Waals surface area contributed by atoms with Gasteiger partial charge in [0.15, 0.2) is 0 Å². The van der Waals surface area contributed by atoms with Gasteiger partial charge in [-0.05, 0) is 80.5 Å². The lowest BCUT2D eigenvalue weighted by molar-refractivity contribution is 0.265. The van der Waals surface area contributed by atoms with E-state index < -0.39 is 10.0 Å². The number of benzene rings is 2. The summed E-state index contributed by atoms with van der Waals surface area (Å²) in [5.74, 6) is 0.928. The monoisotopic (exact) mass is 443 g/mol. The van der Waals surface area contributed by atoms with Gasteiger partial charge in [-0.2, -0.15) is 9.29 Å². The number of piperidine rings is 1. The Kier molecular flexibility index (Phi) is 5.99. The molecule has 6 nitrogen and oxygen atoms in total. The highest BCUT2D eigenvalue weighted by Gasteiger charge is 2.33. The van der Waals surface area contributed by atoms with Gasteiger partial charge in [0.2, 0.25) is 21.7 Å². The second kappa shape index (κ2) is 8.53. The molecule has 0 unspecified atom stereocenters. The van der Waals surface area contributed by atoms with Gasteiger partial charge < -0.3 is 4.52 Å². The van der Waals surface area contributed by atoms with Crippen molar-refractivity contribution in [3.8, 4) is 11.4 Å². The van der Waals surface area contributed by atoms with E-state index in [-0.39, 0.29) is 5.92 Å². The molecule has 4 rings (SSSR count). The first kappa shape index (κ1) is 21.1. The minimum atomic E-state index is -3.55. The first-order chi connectivity index (χ1) is 14.4. The number of rotatable bonds is 5. The molecular weight excluding hydrogens is 418 g/mol. The number of thioether (sulfide) groups is 1. The van der Waals surface area contributed by atoms with Crippen molar-refractivity contribution in [3.63, 3.8) is 0 Å². The van der Waals surface area contributed by atoms with Gasteiger partial charge in [0, 0.05) is 23.5 Å². The van der Waals surface area contributed by atoms with Gasteiger partial charge in [-0.3, -0.25) is 0 Å². The fourth-order valence-electron chi connectivity index (χ4n) is 3.64. The molecule has 0 spiro atoms. The topological polar surface area (TPSA) is 76.3 Å². The third kappa shape index (κ3) is 4.17. The third-order valence-electron chi connectivity index (χ3n) is 5.64. The Morgan fingerprint density at radius 3 is 2.57 bits per heavy atom. The first-order valence-electron chi connectivity index (χ1n) is 9.94. The zero-order chi connectivity index (χ0) is 21.3. The van der Waals surface area contributed by atoms with Crippen molar-refractivity contribution in [1.29, 1.82) is 0 Å². The van der Waals surface area contributed by atoms with Crippen molar-refractivity contribution in [1.82, 2.24) is 14.4 Å². The fourth-order valence-corrected chi connectivity index (χ4v) is 5.66. The van der Waals surface area contributed by atoms with Crippen LogP contribution >= 0.6 is 11.8 Å². The zero-order valence-corrected chi connectivity index (χ0v) is 19.0. The molecule has 158 valence electrons. The lowest BCUT2D eigenvalue weighted by Crippen LogP contribution is -2.39. The predicted octanol–water partition coefficient (Wildman–Crippen LogP) is 4.64. The maximum atomic E-state index is 13.2. The van der Waals surface area contributed by atoms with Gasteiger partial charge in [-0.25, -0.2) is 8.42 Å². The highest BCUT2D eigenvalue weighted by Crippen LogP contribution is 2.31. The maximum absolute atomic E-state index is 13.2. The smallest absolute Gasteiger partial charge is 0.243 e. The molecule has 30 heavy (non-hydrogen) atoms. The molecule has 1 aliphatic rings. The Labute approximate surface area is 181 Å². The second-order valence-corrected chi connectivity index (χ2v) is 10.5. The number of hydrogen-bond acceptors (Lipinski definition) is 6. The van der Waals surface area contributed by atoms with Crippen LogP contribution in [-0.2, 0) is 10.0 Å². The highest BCUT2D eigenvalue weighted by atomic mass is 32.2. The summed E-state index contributed by atoms with van der Waals surface area (Å²) in [4.78, 5) is 6.08. The van der Waals surface area contributed by atoms with E-state index in [1.165, 1.54) is 4.90 Å². The average molecular weight is 444 g/mol. The average Bonchev–Trinajstić information content (AvgIpc) is 3.26. The molecule has 1 aromatic heterocycles. The van der Waals surface area contributed by atoms with Gasteiger partial charge in [-0.1, -0.05) is 11.2 Å². The summed E-state index contributed by atoms with van der Waals surface area (Å²) in [7, 11) is -3.55. The highest BCUT2D eigenvalue weighted by molar-refractivity contribution is 7.98. The first-order valence-corrected chi connectivity index (χ1v) is 12.6. The van der Waals surface area contributed by atoms with Crippen LogP contribution < -0.4 is 0 Å². The van der Waals surface area contributed by atoms with Crippen molar-refractivity contribution >= 4 is 21.8 Å². The van der Waals surface area contributed by atoms with Crippen molar-refractivity contribution in [3.05, 3.63) is 59.5 Å². The summed E-state index contributed by atoms with van der Waals surface area (Å²) < 4.78 is 33.4. The molecule has 1 aliphatic heterocycles. The number of aromatic nitrogens is 2. The van der Waals surface area contributed by atoms with Crippen LogP contribution in [0.3, 0.4) is 0 Å². The van der Waals surface area contributed by atoms with Crippen LogP contribution in [0.5, 0.6) is 0 Å². The summed E-state index contributed by atoms with van der Waals surface area (Å²) in [6.07, 6.45) is 3.61. The van der Waals surface area contributed by atoms with Crippen molar-refractivity contribution in [2.75, 3.05) is 19.3 Å². The van der Waals surface area contributed by atoms with E-state index in [9.17, 15) is 8.42 Å². The van der Waals surface area contributed by atoms with Crippen LogP contribution in [0.15, 0.2) is 56.8 Å². The van der Waals surface area contributed by atoms with Crippen LogP contribution in [0.1, 0.15) is 35.8 Å². The molecular formula is C22H25N3O3S2. The van der Waals surface area contributed by atoms with Gasteiger partial charge in [0.25, 0.3) is 0 Å². The van der Waals surface area contributed by atoms with E-state index in [1.807, 2.05) is 50.4 Å². The molecule has 0 bridgehead atoms. The minimum absolute atomic E-state index is 0.105. The maximum Gasteiger partial charge on any atom is 0.243 e. The summed E-state index contributed by atoms with van der Waals surface area (Å²) >= 11 is 1.68. The standard InChI is InChI=1S/C22H25N3O3S2/c1-15-6-11-20(13-16(15)2)30(26,27)25-12-4-5-18(14-25)22-23-21(24-28-22)17-7-9-19(29-3)10-8-17/h6-11,13,18H,4-5,12,14H2,1-3H3/t18-/m0/s1. The van der Waals surface area contributed by atoms with E-state index in [2.05, 4.69) is 10.1 Å². The molecule has 0 saturated carbocycles. The molecule has 0 N–H and O–H groups in total. The summed E-state index contributed by atoms with van der Waals surface area (Å²) in [6.45, 7) is 4.76. The number of sulfonamides is 1. The molecule has 1 fully saturated rings. The lowest BCUT2D eigenvalue weighted by atomic mass is 10.00. The number of aryl methyl sites for hydroxylation is 2. The van der Waals surface area contributed by atoms with Gasteiger partial charge in [0.1, 0.15) is 0 Å². The minimum Gasteiger partial charge on any atom is -0.339 e. The molecule has 8 heteroatoms. The Morgan fingerprint density at radius 1 is 1.10 bits per heavy atom. The summed E-state index contributed by atoms with van der Waals surface area (Å²) in [5.41, 5.74) is 2.94. The van der Waals surface area contributed by atoms with Gasteiger partial charge in [0.05, 0.1) is 10.8 Å². The molecule has 2 heterocycles. The molecule has 0 amide bonds. The quantitative estimate of drug-likeness (QED) is 0.535. The lowest BCUT2D eigenvalue weighted by Gasteiger charge is -2.30. The van der Waals surface area contributed by atoms with Crippen LogP contribution in [0, 0.1) is 13.8 Å². The van der Waals surface area contributed by atoms with E-state index >= 15 is 0 Å². The molecule has 0 aliphatic carbocycles. The largest absolute Gasteiger partial charge is 0.339 e. The normalized spacial score (nSPS) is 17.9. The Morgan fingerprint density at radius 2 is 1.87 bits per heavy atom. The number of nitrogens with zero attached hydrogens (tertiary/aromatic N) is 3. The predicted molar refractivity (Wildman–Crippen MR) is 118 cm³/mol. The van der Waals surface area contributed by atoms with Gasteiger partial charge in [-0.15, -0.1) is 11.8 Å². The van der Waals surface area contributed by atoms with Gasteiger partial charge >= 0.3 is 0 Å². The van der Waals surface area contributed by atoms with Crippen LogP contribution in [0.25, 0.3) is 11.4 Å². The molecule has 0 radical (unpaired) electrons. The third-order valence-corrected chi connectivity index (χ3v) is 8.24. The van der Waals surface area contributed by atoms with Crippen molar-refractivity contribution in [2.45, 2.75) is 42.4 Å². The Hall–Kier alpha value is -2.16.